The summed E-state index contributed by atoms with van der Waals surface area (Å²) in [5, 5.41) is 17.7. The molecule has 0 radical (unpaired) electrons. The number of hydrogen-bond acceptors (Lipinski definition) is 10. The van der Waals surface area contributed by atoms with Gasteiger partial charge in [0.15, 0.2) is 5.82 Å². The fourth-order valence-corrected chi connectivity index (χ4v) is 3.97. The molecule has 2 amide bonds. The number of nitrogens with one attached hydrogen (secondary N) is 6. The Morgan fingerprint density at radius 1 is 0.902 bits per heavy atom. The summed E-state index contributed by atoms with van der Waals surface area (Å²) in [5.41, 5.74) is 1.85. The molecule has 0 aliphatic heterocycles. The Labute approximate surface area is 240 Å². The Morgan fingerprint density at radius 2 is 1.61 bits per heavy atom. The Morgan fingerprint density at radius 3 is 2.32 bits per heavy atom. The zero-order valence-corrected chi connectivity index (χ0v) is 23.2. The number of carbonyl (C=O) groups is 2. The van der Waals surface area contributed by atoms with Crippen molar-refractivity contribution in [2.45, 2.75) is 19.9 Å². The minimum atomic E-state index is -0.581. The summed E-state index contributed by atoms with van der Waals surface area (Å²) in [7, 11) is 1.55. The van der Waals surface area contributed by atoms with Gasteiger partial charge < -0.3 is 31.9 Å². The molecule has 0 atom stereocenters. The standard InChI is InChI=1S/C28H29ClN8O4/c1-3-21(38)31-12-13-32-22-23(25(40)24(22)39)33-14-16-8-10-17(11-9-16)35-28-34-15-19(29)26(37-28)36-20-7-5-4-6-18(20)27(41)30-2/h4-11,15,32-33H,3,12-14H2,1-2H3,(H,30,41)(H,31,38)(H2,34,35,36,37). The first-order chi connectivity index (χ1) is 19.8. The van der Waals surface area contributed by atoms with Gasteiger partial charge in [0, 0.05) is 38.8 Å². The van der Waals surface area contributed by atoms with Gasteiger partial charge in [0.05, 0.1) is 17.4 Å². The maximum absolute atomic E-state index is 12.2. The van der Waals surface area contributed by atoms with E-state index < -0.39 is 10.9 Å². The summed E-state index contributed by atoms with van der Waals surface area (Å²) in [5.74, 6) is 0.276. The van der Waals surface area contributed by atoms with E-state index in [0.29, 0.717) is 48.8 Å². The number of aromatic nitrogens is 2. The predicted octanol–water partition coefficient (Wildman–Crippen LogP) is 3.12. The fraction of sp³-hybridized carbons (Fsp3) is 0.214. The molecule has 212 valence electrons. The largest absolute Gasteiger partial charge is 0.378 e. The minimum Gasteiger partial charge on any atom is -0.378 e. The summed E-state index contributed by atoms with van der Waals surface area (Å²) in [6.45, 7) is 2.75. The summed E-state index contributed by atoms with van der Waals surface area (Å²) in [6.07, 6.45) is 1.83. The summed E-state index contributed by atoms with van der Waals surface area (Å²) >= 11 is 6.30. The van der Waals surface area contributed by atoms with Crippen LogP contribution in [-0.4, -0.2) is 41.9 Å². The lowest BCUT2D eigenvalue weighted by atomic mass is 10.1. The molecule has 6 N–H and O–H groups in total. The lowest BCUT2D eigenvalue weighted by Crippen LogP contribution is -2.39. The third-order valence-corrected chi connectivity index (χ3v) is 6.33. The highest BCUT2D eigenvalue weighted by molar-refractivity contribution is 6.33. The molecule has 0 unspecified atom stereocenters. The molecule has 3 aromatic carbocycles. The molecule has 0 fully saturated rings. The highest BCUT2D eigenvalue weighted by Crippen LogP contribution is 2.27. The molecule has 0 bridgehead atoms. The number of halogens is 1. The number of amides is 2. The SMILES string of the molecule is CCC(=O)NCCNc1c(NCc2ccc(Nc3ncc(Cl)c(Nc4ccccc4C(=O)NC)n3)cc2)c(=O)c1=O. The number of para-hydroxylation sites is 1. The highest BCUT2D eigenvalue weighted by atomic mass is 35.5. The van der Waals surface area contributed by atoms with E-state index in [1.807, 2.05) is 24.3 Å². The van der Waals surface area contributed by atoms with Crippen LogP contribution in [0.2, 0.25) is 5.02 Å². The van der Waals surface area contributed by atoms with Crippen molar-refractivity contribution in [3.63, 3.8) is 0 Å². The molecule has 41 heavy (non-hydrogen) atoms. The van der Waals surface area contributed by atoms with Crippen LogP contribution >= 0.6 is 11.6 Å². The maximum Gasteiger partial charge on any atom is 0.253 e. The van der Waals surface area contributed by atoms with Crippen LogP contribution in [0.5, 0.6) is 0 Å². The maximum atomic E-state index is 12.2. The van der Waals surface area contributed by atoms with Gasteiger partial charge in [-0.3, -0.25) is 19.2 Å². The van der Waals surface area contributed by atoms with Crippen molar-refractivity contribution >= 4 is 57.9 Å². The van der Waals surface area contributed by atoms with Gasteiger partial charge in [0.1, 0.15) is 16.4 Å². The van der Waals surface area contributed by atoms with E-state index in [9.17, 15) is 19.2 Å². The second kappa shape index (κ2) is 13.4. The first-order valence-electron chi connectivity index (χ1n) is 12.8. The molecule has 0 saturated heterocycles. The van der Waals surface area contributed by atoms with Crippen molar-refractivity contribution in [2.24, 2.45) is 0 Å². The van der Waals surface area contributed by atoms with Gasteiger partial charge in [0.2, 0.25) is 11.9 Å². The van der Waals surface area contributed by atoms with Crippen LogP contribution in [0.1, 0.15) is 29.3 Å². The Bertz CT molecular complexity index is 1620. The van der Waals surface area contributed by atoms with Gasteiger partial charge in [0.25, 0.3) is 16.8 Å². The zero-order chi connectivity index (χ0) is 29.4. The molecule has 1 aromatic heterocycles. The van der Waals surface area contributed by atoms with Crippen LogP contribution < -0.4 is 42.8 Å². The Kier molecular flexibility index (Phi) is 9.48. The topological polar surface area (TPSA) is 166 Å². The van der Waals surface area contributed by atoms with Gasteiger partial charge in [-0.1, -0.05) is 42.8 Å². The number of carbonyl (C=O) groups excluding carboxylic acids is 2. The van der Waals surface area contributed by atoms with Gasteiger partial charge in [-0.05, 0) is 29.8 Å². The predicted molar refractivity (Wildman–Crippen MR) is 160 cm³/mol. The van der Waals surface area contributed by atoms with Gasteiger partial charge in [-0.15, -0.1) is 0 Å². The van der Waals surface area contributed by atoms with E-state index in [2.05, 4.69) is 41.9 Å². The lowest BCUT2D eigenvalue weighted by molar-refractivity contribution is -0.120. The summed E-state index contributed by atoms with van der Waals surface area (Å²) in [6, 6.07) is 14.3. The van der Waals surface area contributed by atoms with E-state index in [1.165, 1.54) is 6.20 Å². The van der Waals surface area contributed by atoms with Gasteiger partial charge >= 0.3 is 0 Å². The number of nitrogens with zero attached hydrogens (tertiary/aromatic N) is 2. The van der Waals surface area contributed by atoms with Crippen LogP contribution in [-0.2, 0) is 11.3 Å². The molecule has 0 saturated carbocycles. The van der Waals surface area contributed by atoms with Crippen LogP contribution in [0.3, 0.4) is 0 Å². The van der Waals surface area contributed by atoms with E-state index >= 15 is 0 Å². The fourth-order valence-electron chi connectivity index (χ4n) is 3.84. The molecule has 0 aliphatic carbocycles. The molecule has 4 rings (SSSR count). The molecular weight excluding hydrogens is 548 g/mol. The van der Waals surface area contributed by atoms with E-state index in [-0.39, 0.29) is 34.2 Å². The van der Waals surface area contributed by atoms with E-state index in [1.54, 1.807) is 38.2 Å². The average Bonchev–Trinajstić information content (AvgIpc) is 3.00. The van der Waals surface area contributed by atoms with Crippen LogP contribution in [0.4, 0.5) is 34.5 Å². The molecule has 13 heteroatoms. The van der Waals surface area contributed by atoms with Crippen LogP contribution in [0.25, 0.3) is 0 Å². The first kappa shape index (κ1) is 29.0. The van der Waals surface area contributed by atoms with Gasteiger partial charge in [-0.25, -0.2) is 4.98 Å². The summed E-state index contributed by atoms with van der Waals surface area (Å²) < 4.78 is 0. The van der Waals surface area contributed by atoms with E-state index in [4.69, 9.17) is 11.6 Å². The molecule has 0 spiro atoms. The monoisotopic (exact) mass is 576 g/mol. The normalized spacial score (nSPS) is 10.6. The van der Waals surface area contributed by atoms with Crippen molar-refractivity contribution in [3.8, 4) is 0 Å². The van der Waals surface area contributed by atoms with E-state index in [0.717, 1.165) is 5.56 Å². The Balaban J connectivity index is 1.36. The number of anilines is 6. The quantitative estimate of drug-likeness (QED) is 0.103. The number of hydrogen-bond donors (Lipinski definition) is 6. The highest BCUT2D eigenvalue weighted by Gasteiger charge is 2.20. The lowest BCUT2D eigenvalue weighted by Gasteiger charge is -2.15. The molecular formula is C28H29ClN8O4. The number of rotatable bonds is 13. The zero-order valence-electron chi connectivity index (χ0n) is 22.4. The van der Waals surface area contributed by atoms with Crippen molar-refractivity contribution in [3.05, 3.63) is 91.3 Å². The first-order valence-corrected chi connectivity index (χ1v) is 13.2. The van der Waals surface area contributed by atoms with Gasteiger partial charge in [-0.2, -0.15) is 4.98 Å². The van der Waals surface area contributed by atoms with Crippen LogP contribution in [0.15, 0.2) is 64.3 Å². The Hall–Kier alpha value is -4.97. The smallest absolute Gasteiger partial charge is 0.253 e. The minimum absolute atomic E-state index is 0.0866. The summed E-state index contributed by atoms with van der Waals surface area (Å²) in [4.78, 5) is 56.2. The van der Waals surface area contributed by atoms with Crippen molar-refractivity contribution in [2.75, 3.05) is 41.4 Å². The second-order valence-electron chi connectivity index (χ2n) is 8.85. The number of benzene rings is 2. The molecule has 12 nitrogen and oxygen atoms in total. The average molecular weight is 577 g/mol. The van der Waals surface area contributed by atoms with Crippen molar-refractivity contribution in [1.82, 2.24) is 20.6 Å². The molecule has 0 aliphatic rings. The third kappa shape index (κ3) is 7.17. The second-order valence-corrected chi connectivity index (χ2v) is 9.26. The molecule has 1 heterocycles. The van der Waals surface area contributed by atoms with Crippen molar-refractivity contribution < 1.29 is 9.59 Å². The third-order valence-electron chi connectivity index (χ3n) is 6.06. The molecule has 4 aromatic rings. The van der Waals surface area contributed by atoms with Crippen LogP contribution in [0, 0.1) is 0 Å². The van der Waals surface area contributed by atoms with Crippen molar-refractivity contribution in [1.29, 1.82) is 0 Å².